The normalized spacial score (nSPS) is 28.6. The summed E-state index contributed by atoms with van der Waals surface area (Å²) in [6.07, 6.45) is 2.74. The van der Waals surface area contributed by atoms with E-state index in [1.807, 2.05) is 0 Å². The number of hydrogen-bond acceptors (Lipinski definition) is 2. The van der Waals surface area contributed by atoms with E-state index in [1.54, 1.807) is 0 Å². The van der Waals surface area contributed by atoms with Crippen molar-refractivity contribution < 1.29 is 0 Å². The van der Waals surface area contributed by atoms with Gasteiger partial charge in [0.1, 0.15) is 0 Å². The molecule has 0 spiro atoms. The van der Waals surface area contributed by atoms with Crippen molar-refractivity contribution in [3.05, 3.63) is 0 Å². The van der Waals surface area contributed by atoms with Crippen LogP contribution in [0.3, 0.4) is 0 Å². The maximum Gasteiger partial charge on any atom is 0.0229 e. The molecule has 0 bridgehead atoms. The number of likely N-dealkylation sites (tertiary alicyclic amines) is 1. The second-order valence-corrected chi connectivity index (χ2v) is 5.65. The van der Waals surface area contributed by atoms with Gasteiger partial charge in [-0.25, -0.2) is 0 Å². The summed E-state index contributed by atoms with van der Waals surface area (Å²) in [5.41, 5.74) is 0. The van der Waals surface area contributed by atoms with Gasteiger partial charge in [-0.1, -0.05) is 0 Å². The van der Waals surface area contributed by atoms with Crippen LogP contribution in [0.4, 0.5) is 0 Å². The Morgan fingerprint density at radius 3 is 2.27 bits per heavy atom. The minimum absolute atomic E-state index is 0.662. The highest BCUT2D eigenvalue weighted by molar-refractivity contribution is 4.89. The van der Waals surface area contributed by atoms with Crippen LogP contribution < -0.4 is 0 Å². The average molecular weight is 212 g/mol. The van der Waals surface area contributed by atoms with E-state index in [-0.39, 0.29) is 0 Å². The zero-order valence-corrected chi connectivity index (χ0v) is 11.3. The van der Waals surface area contributed by atoms with Gasteiger partial charge < -0.3 is 4.90 Å². The third-order valence-corrected chi connectivity index (χ3v) is 3.82. The highest BCUT2D eigenvalue weighted by Crippen LogP contribution is 2.26. The summed E-state index contributed by atoms with van der Waals surface area (Å²) in [5.74, 6) is 0. The Kier molecular flexibility index (Phi) is 4.60. The topological polar surface area (TPSA) is 6.48 Å². The molecule has 15 heavy (non-hydrogen) atoms. The fourth-order valence-corrected chi connectivity index (χ4v) is 2.75. The molecule has 1 aliphatic heterocycles. The molecular weight excluding hydrogens is 184 g/mol. The van der Waals surface area contributed by atoms with Gasteiger partial charge in [0.15, 0.2) is 0 Å². The molecule has 0 aromatic carbocycles. The Morgan fingerprint density at radius 1 is 1.20 bits per heavy atom. The molecule has 0 aliphatic carbocycles. The minimum Gasteiger partial charge on any atom is -0.302 e. The molecule has 0 aromatic heterocycles. The van der Waals surface area contributed by atoms with Gasteiger partial charge in [-0.2, -0.15) is 0 Å². The van der Waals surface area contributed by atoms with Crippen LogP contribution in [0.5, 0.6) is 0 Å². The molecule has 0 amide bonds. The molecule has 90 valence electrons. The standard InChI is InChI=1S/C13H28N2/c1-10(2)14(6)9-13-8-7-12(5)15(13)11(3)4/h10-13H,7-9H2,1-6H3. The van der Waals surface area contributed by atoms with Gasteiger partial charge in [-0.3, -0.25) is 4.90 Å². The smallest absolute Gasteiger partial charge is 0.0229 e. The van der Waals surface area contributed by atoms with E-state index in [0.29, 0.717) is 12.1 Å². The lowest BCUT2D eigenvalue weighted by atomic mass is 10.1. The van der Waals surface area contributed by atoms with Crippen LogP contribution in [0.15, 0.2) is 0 Å². The second kappa shape index (κ2) is 5.31. The Labute approximate surface area is 95.6 Å². The quantitative estimate of drug-likeness (QED) is 0.707. The molecule has 2 unspecified atom stereocenters. The average Bonchev–Trinajstić information content (AvgIpc) is 2.46. The van der Waals surface area contributed by atoms with Gasteiger partial charge in [0, 0.05) is 30.7 Å². The van der Waals surface area contributed by atoms with E-state index in [9.17, 15) is 0 Å². The van der Waals surface area contributed by atoms with Crippen molar-refractivity contribution in [1.82, 2.24) is 9.80 Å². The molecule has 1 saturated heterocycles. The molecule has 0 aromatic rings. The summed E-state index contributed by atoms with van der Waals surface area (Å²) in [6, 6.07) is 2.89. The highest BCUT2D eigenvalue weighted by atomic mass is 15.3. The summed E-state index contributed by atoms with van der Waals surface area (Å²) in [7, 11) is 2.24. The van der Waals surface area contributed by atoms with Crippen molar-refractivity contribution in [1.29, 1.82) is 0 Å². The van der Waals surface area contributed by atoms with Gasteiger partial charge in [0.2, 0.25) is 0 Å². The Hall–Kier alpha value is -0.0800. The largest absolute Gasteiger partial charge is 0.302 e. The van der Waals surface area contributed by atoms with Crippen LogP contribution in [0, 0.1) is 0 Å². The molecule has 2 nitrogen and oxygen atoms in total. The molecule has 2 atom stereocenters. The summed E-state index contributed by atoms with van der Waals surface area (Å²) in [5, 5.41) is 0. The van der Waals surface area contributed by atoms with Crippen LogP contribution >= 0.6 is 0 Å². The molecule has 0 radical (unpaired) electrons. The van der Waals surface area contributed by atoms with E-state index in [1.165, 1.54) is 19.4 Å². The third kappa shape index (κ3) is 3.18. The van der Waals surface area contributed by atoms with E-state index in [4.69, 9.17) is 0 Å². The monoisotopic (exact) mass is 212 g/mol. The first-order valence-corrected chi connectivity index (χ1v) is 6.41. The Bertz CT molecular complexity index is 189. The fourth-order valence-electron chi connectivity index (χ4n) is 2.75. The number of nitrogens with zero attached hydrogens (tertiary/aromatic N) is 2. The van der Waals surface area contributed by atoms with Crippen molar-refractivity contribution in [2.24, 2.45) is 0 Å². The maximum atomic E-state index is 2.69. The van der Waals surface area contributed by atoms with E-state index in [0.717, 1.165) is 12.1 Å². The van der Waals surface area contributed by atoms with Gasteiger partial charge >= 0.3 is 0 Å². The number of likely N-dealkylation sites (N-methyl/N-ethyl adjacent to an activating group) is 1. The van der Waals surface area contributed by atoms with Crippen LogP contribution in [0.25, 0.3) is 0 Å². The predicted molar refractivity (Wildman–Crippen MR) is 67.2 cm³/mol. The maximum absolute atomic E-state index is 2.69. The lowest BCUT2D eigenvalue weighted by molar-refractivity contribution is 0.117. The molecular formula is C13H28N2. The Balaban J connectivity index is 2.54. The third-order valence-electron chi connectivity index (χ3n) is 3.82. The van der Waals surface area contributed by atoms with Gasteiger partial charge in [0.25, 0.3) is 0 Å². The van der Waals surface area contributed by atoms with Crippen LogP contribution in [-0.2, 0) is 0 Å². The highest BCUT2D eigenvalue weighted by Gasteiger charge is 2.32. The first kappa shape index (κ1) is 13.0. The Morgan fingerprint density at radius 2 is 1.80 bits per heavy atom. The summed E-state index contributed by atoms with van der Waals surface area (Å²) < 4.78 is 0. The van der Waals surface area contributed by atoms with Crippen molar-refractivity contribution in [3.8, 4) is 0 Å². The van der Waals surface area contributed by atoms with Crippen molar-refractivity contribution in [3.63, 3.8) is 0 Å². The molecule has 1 heterocycles. The first-order chi connectivity index (χ1) is 6.93. The van der Waals surface area contributed by atoms with E-state index in [2.05, 4.69) is 51.5 Å². The van der Waals surface area contributed by atoms with Crippen molar-refractivity contribution >= 4 is 0 Å². The van der Waals surface area contributed by atoms with Crippen molar-refractivity contribution in [2.75, 3.05) is 13.6 Å². The predicted octanol–water partition coefficient (Wildman–Crippen LogP) is 2.59. The molecule has 2 heteroatoms. The van der Waals surface area contributed by atoms with Crippen LogP contribution in [0.1, 0.15) is 47.5 Å². The lowest BCUT2D eigenvalue weighted by Crippen LogP contribution is -2.46. The molecule has 1 aliphatic rings. The fraction of sp³-hybridized carbons (Fsp3) is 1.00. The number of rotatable bonds is 4. The zero-order valence-electron chi connectivity index (χ0n) is 11.3. The second-order valence-electron chi connectivity index (χ2n) is 5.65. The summed E-state index contributed by atoms with van der Waals surface area (Å²) >= 11 is 0. The van der Waals surface area contributed by atoms with Crippen LogP contribution in [-0.4, -0.2) is 47.6 Å². The minimum atomic E-state index is 0.662. The van der Waals surface area contributed by atoms with Gasteiger partial charge in [-0.15, -0.1) is 0 Å². The SMILES string of the molecule is CC(C)N(C)CC1CCC(C)N1C(C)C. The van der Waals surface area contributed by atoms with Gasteiger partial charge in [0.05, 0.1) is 0 Å². The van der Waals surface area contributed by atoms with Crippen molar-refractivity contribution in [2.45, 2.75) is 71.6 Å². The molecule has 0 saturated carbocycles. The van der Waals surface area contributed by atoms with E-state index < -0.39 is 0 Å². The summed E-state index contributed by atoms with van der Waals surface area (Å²) in [4.78, 5) is 5.16. The molecule has 0 N–H and O–H groups in total. The number of hydrogen-bond donors (Lipinski definition) is 0. The summed E-state index contributed by atoms with van der Waals surface area (Å²) in [6.45, 7) is 12.8. The van der Waals surface area contributed by atoms with Crippen LogP contribution in [0.2, 0.25) is 0 Å². The molecule has 1 rings (SSSR count). The van der Waals surface area contributed by atoms with E-state index >= 15 is 0 Å². The first-order valence-electron chi connectivity index (χ1n) is 6.41. The van der Waals surface area contributed by atoms with Gasteiger partial charge in [-0.05, 0) is 54.5 Å². The lowest BCUT2D eigenvalue weighted by Gasteiger charge is -2.35. The molecule has 1 fully saturated rings. The zero-order chi connectivity index (χ0) is 11.6.